The first-order chi connectivity index (χ1) is 14.0. The van der Waals surface area contributed by atoms with E-state index in [4.69, 9.17) is 0 Å². The van der Waals surface area contributed by atoms with Crippen molar-refractivity contribution in [2.45, 2.75) is 18.9 Å². The van der Waals surface area contributed by atoms with Gasteiger partial charge in [0.15, 0.2) is 0 Å². The molecular weight excluding hydrogens is 376 g/mol. The summed E-state index contributed by atoms with van der Waals surface area (Å²) in [5, 5.41) is 14.9. The Balaban J connectivity index is 1.50. The number of nitro benzene ring substituents is 1. The van der Waals surface area contributed by atoms with Gasteiger partial charge in [0.1, 0.15) is 5.69 Å². The van der Waals surface area contributed by atoms with Gasteiger partial charge in [-0.25, -0.2) is 4.98 Å². The van der Waals surface area contributed by atoms with E-state index in [0.717, 1.165) is 0 Å². The summed E-state index contributed by atoms with van der Waals surface area (Å²) >= 11 is 0. The highest BCUT2D eigenvalue weighted by molar-refractivity contribution is 5.94. The number of hydrogen-bond donors (Lipinski definition) is 2. The van der Waals surface area contributed by atoms with Gasteiger partial charge in [0, 0.05) is 43.2 Å². The Morgan fingerprint density at radius 2 is 1.97 bits per heavy atom. The number of likely N-dealkylation sites (tertiary alicyclic amines) is 1. The van der Waals surface area contributed by atoms with Crippen LogP contribution in [0.3, 0.4) is 0 Å². The van der Waals surface area contributed by atoms with Gasteiger partial charge in [-0.1, -0.05) is 0 Å². The third-order valence-corrected chi connectivity index (χ3v) is 5.02. The van der Waals surface area contributed by atoms with Gasteiger partial charge < -0.3 is 15.2 Å². The number of nitrogens with zero attached hydrogens (tertiary/aromatic N) is 4. The van der Waals surface area contributed by atoms with Crippen LogP contribution in [0, 0.1) is 10.1 Å². The number of carbonyl (C=O) groups is 1. The smallest absolute Gasteiger partial charge is 0.293 e. The van der Waals surface area contributed by atoms with Crippen molar-refractivity contribution in [1.82, 2.24) is 19.9 Å². The molecule has 0 atom stereocenters. The maximum absolute atomic E-state index is 12.5. The van der Waals surface area contributed by atoms with Gasteiger partial charge in [-0.15, -0.1) is 0 Å². The number of pyridine rings is 1. The summed E-state index contributed by atoms with van der Waals surface area (Å²) in [4.78, 5) is 47.6. The number of rotatable bonds is 4. The van der Waals surface area contributed by atoms with Crippen LogP contribution in [0.25, 0.3) is 10.9 Å². The lowest BCUT2D eigenvalue weighted by Gasteiger charge is -2.32. The van der Waals surface area contributed by atoms with Gasteiger partial charge >= 0.3 is 0 Å². The standard InChI is InChI=1S/C19H18N6O4/c26-18-14-9-17(25(28)29)16(10-15(14)21-11-22-18)23-13-3-7-24(8-4-13)19(27)12-1-5-20-6-2-12/h1-2,5-6,9-11,13,23H,3-4,7-8H2,(H,21,22,26). The maximum atomic E-state index is 12.5. The predicted octanol–water partition coefficient (Wildman–Crippen LogP) is 1.94. The first-order valence-electron chi connectivity index (χ1n) is 9.14. The van der Waals surface area contributed by atoms with Crippen LogP contribution >= 0.6 is 0 Å². The summed E-state index contributed by atoms with van der Waals surface area (Å²) < 4.78 is 0. The molecule has 0 aliphatic carbocycles. The molecule has 2 aromatic heterocycles. The Kier molecular flexibility index (Phi) is 4.90. The summed E-state index contributed by atoms with van der Waals surface area (Å²) in [6.07, 6.45) is 5.73. The van der Waals surface area contributed by atoms with Crippen molar-refractivity contribution in [3.8, 4) is 0 Å². The van der Waals surface area contributed by atoms with Crippen LogP contribution in [0.5, 0.6) is 0 Å². The number of hydrogen-bond acceptors (Lipinski definition) is 7. The first kappa shape index (κ1) is 18.5. The number of benzene rings is 1. The van der Waals surface area contributed by atoms with E-state index in [1.165, 1.54) is 18.5 Å². The van der Waals surface area contributed by atoms with E-state index in [0.29, 0.717) is 42.7 Å². The molecule has 1 aliphatic rings. The second-order valence-electron chi connectivity index (χ2n) is 6.82. The van der Waals surface area contributed by atoms with Crippen molar-refractivity contribution in [2.75, 3.05) is 18.4 Å². The molecule has 1 aromatic carbocycles. The summed E-state index contributed by atoms with van der Waals surface area (Å²) in [5.74, 6) is -0.0500. The van der Waals surface area contributed by atoms with E-state index >= 15 is 0 Å². The van der Waals surface area contributed by atoms with E-state index in [1.54, 1.807) is 29.4 Å². The number of nitrogens with one attached hydrogen (secondary N) is 2. The molecule has 1 aliphatic heterocycles. The summed E-state index contributed by atoms with van der Waals surface area (Å²) in [7, 11) is 0. The molecule has 1 fully saturated rings. The van der Waals surface area contributed by atoms with Crippen LogP contribution in [0.4, 0.5) is 11.4 Å². The Morgan fingerprint density at radius 3 is 2.66 bits per heavy atom. The molecule has 1 saturated heterocycles. The fourth-order valence-corrected chi connectivity index (χ4v) is 3.49. The Bertz CT molecular complexity index is 1120. The van der Waals surface area contributed by atoms with Crippen molar-refractivity contribution in [3.05, 3.63) is 69.0 Å². The lowest BCUT2D eigenvalue weighted by molar-refractivity contribution is -0.383. The minimum atomic E-state index is -0.518. The Morgan fingerprint density at radius 1 is 1.24 bits per heavy atom. The fraction of sp³-hybridized carbons (Fsp3) is 0.263. The van der Waals surface area contributed by atoms with Crippen LogP contribution in [0.1, 0.15) is 23.2 Å². The van der Waals surface area contributed by atoms with Gasteiger partial charge in [-0.3, -0.25) is 24.7 Å². The summed E-state index contributed by atoms with van der Waals surface area (Å²) in [6, 6.07) is 6.09. The summed E-state index contributed by atoms with van der Waals surface area (Å²) in [6.45, 7) is 1.08. The van der Waals surface area contributed by atoms with E-state index in [9.17, 15) is 19.7 Å². The normalized spacial score (nSPS) is 14.7. The number of fused-ring (bicyclic) bond motifs is 1. The van der Waals surface area contributed by atoms with E-state index in [-0.39, 0.29) is 23.0 Å². The van der Waals surface area contributed by atoms with Crippen LogP contribution in [-0.4, -0.2) is 49.8 Å². The Labute approximate surface area is 164 Å². The van der Waals surface area contributed by atoms with Gasteiger partial charge in [0.2, 0.25) is 0 Å². The zero-order chi connectivity index (χ0) is 20.4. The second kappa shape index (κ2) is 7.66. The maximum Gasteiger partial charge on any atom is 0.293 e. The van der Waals surface area contributed by atoms with Gasteiger partial charge in [-0.05, 0) is 31.0 Å². The molecule has 3 heterocycles. The molecule has 0 spiro atoms. The third-order valence-electron chi connectivity index (χ3n) is 5.02. The quantitative estimate of drug-likeness (QED) is 0.510. The highest BCUT2D eigenvalue weighted by Gasteiger charge is 2.26. The molecular formula is C19H18N6O4. The highest BCUT2D eigenvalue weighted by atomic mass is 16.6. The fourth-order valence-electron chi connectivity index (χ4n) is 3.49. The van der Waals surface area contributed by atoms with Gasteiger partial charge in [0.25, 0.3) is 17.2 Å². The van der Waals surface area contributed by atoms with Crippen molar-refractivity contribution >= 4 is 28.2 Å². The largest absolute Gasteiger partial charge is 0.377 e. The average Bonchev–Trinajstić information content (AvgIpc) is 2.74. The molecule has 0 radical (unpaired) electrons. The molecule has 3 aromatic rings. The topological polar surface area (TPSA) is 134 Å². The zero-order valence-corrected chi connectivity index (χ0v) is 15.4. The lowest BCUT2D eigenvalue weighted by atomic mass is 10.0. The summed E-state index contributed by atoms with van der Waals surface area (Å²) in [5.41, 5.74) is 0.693. The van der Waals surface area contributed by atoms with Crippen molar-refractivity contribution < 1.29 is 9.72 Å². The number of amides is 1. The number of aromatic nitrogens is 3. The monoisotopic (exact) mass is 394 g/mol. The molecule has 29 heavy (non-hydrogen) atoms. The molecule has 0 saturated carbocycles. The molecule has 2 N–H and O–H groups in total. The molecule has 10 nitrogen and oxygen atoms in total. The zero-order valence-electron chi connectivity index (χ0n) is 15.4. The first-order valence-corrected chi connectivity index (χ1v) is 9.14. The highest BCUT2D eigenvalue weighted by Crippen LogP contribution is 2.30. The molecule has 0 unspecified atom stereocenters. The molecule has 148 valence electrons. The third kappa shape index (κ3) is 3.77. The van der Waals surface area contributed by atoms with Crippen LogP contribution in [-0.2, 0) is 0 Å². The minimum absolute atomic E-state index is 0.0327. The molecule has 0 bridgehead atoms. The van der Waals surface area contributed by atoms with Gasteiger partial charge in [-0.2, -0.15) is 0 Å². The molecule has 1 amide bonds. The van der Waals surface area contributed by atoms with E-state index in [2.05, 4.69) is 20.3 Å². The van der Waals surface area contributed by atoms with Gasteiger partial charge in [0.05, 0.1) is 22.2 Å². The number of anilines is 1. The number of H-pyrrole nitrogens is 1. The predicted molar refractivity (Wildman–Crippen MR) is 106 cm³/mol. The minimum Gasteiger partial charge on any atom is -0.377 e. The van der Waals surface area contributed by atoms with Crippen molar-refractivity contribution in [2.24, 2.45) is 0 Å². The van der Waals surface area contributed by atoms with Crippen molar-refractivity contribution in [1.29, 1.82) is 0 Å². The number of piperidine rings is 1. The van der Waals surface area contributed by atoms with E-state index in [1.807, 2.05) is 0 Å². The average molecular weight is 394 g/mol. The van der Waals surface area contributed by atoms with Crippen LogP contribution in [0.15, 0.2) is 47.8 Å². The van der Waals surface area contributed by atoms with Crippen LogP contribution < -0.4 is 10.9 Å². The number of nitro groups is 1. The number of carbonyl (C=O) groups excluding carboxylic acids is 1. The number of aromatic amines is 1. The second-order valence-corrected chi connectivity index (χ2v) is 6.82. The van der Waals surface area contributed by atoms with Crippen LogP contribution in [0.2, 0.25) is 0 Å². The lowest BCUT2D eigenvalue weighted by Crippen LogP contribution is -2.42. The Hall–Kier alpha value is -3.82. The van der Waals surface area contributed by atoms with Crippen molar-refractivity contribution in [3.63, 3.8) is 0 Å². The molecule has 10 heteroatoms. The van der Waals surface area contributed by atoms with E-state index < -0.39 is 10.5 Å². The SMILES string of the molecule is O=C(c1ccncc1)N1CCC(Nc2cc3nc[nH]c(=O)c3cc2[N+](=O)[O-])CC1. The molecule has 4 rings (SSSR count).